The molecule has 3 aromatic rings. The van der Waals surface area contributed by atoms with Gasteiger partial charge in [-0.1, -0.05) is 18.2 Å². The fourth-order valence-corrected chi connectivity index (χ4v) is 5.23. The molecule has 0 spiro atoms. The Bertz CT molecular complexity index is 1230. The number of hydrogen-bond donors (Lipinski definition) is 0. The van der Waals surface area contributed by atoms with Crippen molar-refractivity contribution in [3.63, 3.8) is 0 Å². The first kappa shape index (κ1) is 20.3. The van der Waals surface area contributed by atoms with Gasteiger partial charge in [0.1, 0.15) is 6.07 Å². The lowest BCUT2D eigenvalue weighted by molar-refractivity contribution is 0.101. The monoisotopic (exact) mass is 422 g/mol. The molecule has 8 heteroatoms. The molecule has 2 aromatic heterocycles. The standard InChI is InChI=1S/C22H22N4O3S/c1-17(27)18-5-7-20(8-6-18)30(28,29)26-12-10-24(11-13-26)15-19-16-25-9-3-2-4-22(25)21(19)14-23/h2-9,16H,10-13,15H2,1H3. The van der Waals surface area contributed by atoms with Crippen LogP contribution < -0.4 is 0 Å². The van der Waals surface area contributed by atoms with Gasteiger partial charge in [0.05, 0.1) is 16.0 Å². The Labute approximate surface area is 175 Å². The Kier molecular flexibility index (Phi) is 5.43. The van der Waals surface area contributed by atoms with E-state index in [4.69, 9.17) is 0 Å². The highest BCUT2D eigenvalue weighted by molar-refractivity contribution is 7.89. The molecule has 4 rings (SSSR count). The molecule has 0 amide bonds. The van der Waals surface area contributed by atoms with Gasteiger partial charge in [-0.2, -0.15) is 9.57 Å². The van der Waals surface area contributed by atoms with Crippen molar-refractivity contribution in [3.05, 3.63) is 71.5 Å². The first-order valence-electron chi connectivity index (χ1n) is 9.72. The maximum Gasteiger partial charge on any atom is 0.243 e. The number of carbonyl (C=O) groups excluding carboxylic acids is 1. The van der Waals surface area contributed by atoms with Gasteiger partial charge in [0.15, 0.2) is 5.78 Å². The molecule has 1 aliphatic heterocycles. The SMILES string of the molecule is CC(=O)c1ccc(S(=O)(=O)N2CCN(Cc3cn4ccccc4c3C#N)CC2)cc1. The van der Waals surface area contributed by atoms with Crippen molar-refractivity contribution in [1.82, 2.24) is 13.6 Å². The molecule has 3 heterocycles. The average molecular weight is 423 g/mol. The number of piperazine rings is 1. The summed E-state index contributed by atoms with van der Waals surface area (Å²) in [5, 5.41) is 9.57. The summed E-state index contributed by atoms with van der Waals surface area (Å²) in [6.07, 6.45) is 3.88. The third-order valence-electron chi connectivity index (χ3n) is 5.50. The van der Waals surface area contributed by atoms with E-state index in [1.807, 2.05) is 35.0 Å². The van der Waals surface area contributed by atoms with Crippen LogP contribution in [0, 0.1) is 11.3 Å². The molecule has 1 saturated heterocycles. The average Bonchev–Trinajstić information content (AvgIpc) is 3.11. The van der Waals surface area contributed by atoms with Crippen LogP contribution in [0.3, 0.4) is 0 Å². The predicted octanol–water partition coefficient (Wildman–Crippen LogP) is 2.52. The molecule has 30 heavy (non-hydrogen) atoms. The number of fused-ring (bicyclic) bond motifs is 1. The topological polar surface area (TPSA) is 85.9 Å². The van der Waals surface area contributed by atoms with E-state index in [1.165, 1.54) is 23.4 Å². The summed E-state index contributed by atoms with van der Waals surface area (Å²) in [7, 11) is -3.60. The van der Waals surface area contributed by atoms with Crippen molar-refractivity contribution in [2.45, 2.75) is 18.4 Å². The number of hydrogen-bond acceptors (Lipinski definition) is 5. The van der Waals surface area contributed by atoms with Crippen molar-refractivity contribution < 1.29 is 13.2 Å². The largest absolute Gasteiger partial charge is 0.322 e. The van der Waals surface area contributed by atoms with E-state index < -0.39 is 10.0 Å². The quantitative estimate of drug-likeness (QED) is 0.590. The molecule has 0 N–H and O–H groups in total. The number of benzene rings is 1. The van der Waals surface area contributed by atoms with Gasteiger partial charge in [-0.05, 0) is 31.2 Å². The van der Waals surface area contributed by atoms with Gasteiger partial charge >= 0.3 is 0 Å². The van der Waals surface area contributed by atoms with Crippen molar-refractivity contribution in [3.8, 4) is 6.07 Å². The molecule has 0 aliphatic carbocycles. The Hall–Kier alpha value is -2.99. The summed E-state index contributed by atoms with van der Waals surface area (Å²) < 4.78 is 29.3. The number of nitrogens with zero attached hydrogens (tertiary/aromatic N) is 4. The highest BCUT2D eigenvalue weighted by Gasteiger charge is 2.29. The van der Waals surface area contributed by atoms with Crippen molar-refractivity contribution in [2.24, 2.45) is 0 Å². The molecule has 1 aromatic carbocycles. The van der Waals surface area contributed by atoms with Gasteiger partial charge in [-0.15, -0.1) is 0 Å². The van der Waals surface area contributed by atoms with Gasteiger partial charge in [-0.25, -0.2) is 8.42 Å². The molecular formula is C22H22N4O3S. The Morgan fingerprint density at radius 1 is 1.07 bits per heavy atom. The molecule has 0 atom stereocenters. The van der Waals surface area contributed by atoms with E-state index in [-0.39, 0.29) is 10.7 Å². The molecule has 0 unspecified atom stereocenters. The Morgan fingerprint density at radius 2 is 1.77 bits per heavy atom. The van der Waals surface area contributed by atoms with Gasteiger partial charge in [-0.3, -0.25) is 9.69 Å². The number of rotatable bonds is 5. The van der Waals surface area contributed by atoms with E-state index in [0.717, 1.165) is 11.1 Å². The number of aromatic nitrogens is 1. The number of sulfonamides is 1. The zero-order valence-corrected chi connectivity index (χ0v) is 17.5. The number of carbonyl (C=O) groups is 1. The van der Waals surface area contributed by atoms with E-state index in [0.29, 0.717) is 43.9 Å². The van der Waals surface area contributed by atoms with Gasteiger partial charge in [0.25, 0.3) is 0 Å². The highest BCUT2D eigenvalue weighted by Crippen LogP contribution is 2.22. The lowest BCUT2D eigenvalue weighted by atomic mass is 10.1. The van der Waals surface area contributed by atoms with Crippen LogP contribution in [0.5, 0.6) is 0 Å². The van der Waals surface area contributed by atoms with Crippen LogP contribution in [0.15, 0.2) is 59.8 Å². The molecule has 0 bridgehead atoms. The minimum absolute atomic E-state index is 0.0948. The fourth-order valence-electron chi connectivity index (χ4n) is 3.81. The number of pyridine rings is 1. The van der Waals surface area contributed by atoms with Crippen molar-refractivity contribution >= 4 is 21.3 Å². The molecule has 7 nitrogen and oxygen atoms in total. The predicted molar refractivity (Wildman–Crippen MR) is 113 cm³/mol. The second-order valence-corrected chi connectivity index (χ2v) is 9.33. The van der Waals surface area contributed by atoms with Gasteiger partial charge in [0.2, 0.25) is 10.0 Å². The fraction of sp³-hybridized carbons (Fsp3) is 0.273. The van der Waals surface area contributed by atoms with Crippen LogP contribution in [0.2, 0.25) is 0 Å². The molecule has 0 radical (unpaired) electrons. The Morgan fingerprint density at radius 3 is 2.40 bits per heavy atom. The minimum atomic E-state index is -3.60. The number of Topliss-reactive ketones (excluding diaryl/α,β-unsaturated/α-hetero) is 1. The van der Waals surface area contributed by atoms with E-state index in [1.54, 1.807) is 12.1 Å². The lowest BCUT2D eigenvalue weighted by Gasteiger charge is -2.33. The van der Waals surface area contributed by atoms with Crippen LogP contribution in [0.1, 0.15) is 28.4 Å². The maximum absolute atomic E-state index is 12.9. The first-order chi connectivity index (χ1) is 14.4. The molecule has 154 valence electrons. The normalized spacial score (nSPS) is 15.9. The number of nitriles is 1. The van der Waals surface area contributed by atoms with E-state index in [9.17, 15) is 18.5 Å². The summed E-state index contributed by atoms with van der Waals surface area (Å²) in [5.74, 6) is -0.0948. The van der Waals surface area contributed by atoms with Crippen LogP contribution in [0.25, 0.3) is 5.52 Å². The summed E-state index contributed by atoms with van der Waals surface area (Å²) in [4.78, 5) is 13.8. The zero-order valence-electron chi connectivity index (χ0n) is 16.7. The van der Waals surface area contributed by atoms with Gasteiger partial charge in [0, 0.05) is 56.2 Å². The molecular weight excluding hydrogens is 400 g/mol. The van der Waals surface area contributed by atoms with Gasteiger partial charge < -0.3 is 4.40 Å². The second kappa shape index (κ2) is 8.03. The zero-order chi connectivity index (χ0) is 21.3. The van der Waals surface area contributed by atoms with Crippen LogP contribution in [-0.4, -0.2) is 54.0 Å². The Balaban J connectivity index is 1.45. The highest BCUT2D eigenvalue weighted by atomic mass is 32.2. The summed E-state index contributed by atoms with van der Waals surface area (Å²) in [6, 6.07) is 14.1. The van der Waals surface area contributed by atoms with E-state index >= 15 is 0 Å². The number of ketones is 1. The second-order valence-electron chi connectivity index (χ2n) is 7.40. The molecule has 1 aliphatic rings. The molecule has 1 fully saturated rings. The minimum Gasteiger partial charge on any atom is -0.322 e. The first-order valence-corrected chi connectivity index (χ1v) is 11.2. The van der Waals surface area contributed by atoms with Crippen LogP contribution in [0.4, 0.5) is 0 Å². The van der Waals surface area contributed by atoms with Crippen LogP contribution in [-0.2, 0) is 16.6 Å². The molecule has 0 saturated carbocycles. The van der Waals surface area contributed by atoms with E-state index in [2.05, 4.69) is 11.0 Å². The summed E-state index contributed by atoms with van der Waals surface area (Å²) in [5.41, 5.74) is 2.98. The van der Waals surface area contributed by atoms with Crippen LogP contribution >= 0.6 is 0 Å². The summed E-state index contributed by atoms with van der Waals surface area (Å²) in [6.45, 7) is 3.99. The lowest BCUT2D eigenvalue weighted by Crippen LogP contribution is -2.48. The van der Waals surface area contributed by atoms with Crippen molar-refractivity contribution in [1.29, 1.82) is 5.26 Å². The maximum atomic E-state index is 12.9. The van der Waals surface area contributed by atoms with Crippen molar-refractivity contribution in [2.75, 3.05) is 26.2 Å². The summed E-state index contributed by atoms with van der Waals surface area (Å²) >= 11 is 0. The third kappa shape index (κ3) is 3.75. The smallest absolute Gasteiger partial charge is 0.243 e. The third-order valence-corrected chi connectivity index (χ3v) is 7.41.